The third-order valence-corrected chi connectivity index (χ3v) is 4.75. The molecule has 0 saturated carbocycles. The predicted octanol–water partition coefficient (Wildman–Crippen LogP) is 3.28. The lowest BCUT2D eigenvalue weighted by Crippen LogP contribution is -2.40. The summed E-state index contributed by atoms with van der Waals surface area (Å²) in [6.07, 6.45) is 4.43. The molecule has 0 saturated heterocycles. The fourth-order valence-electron chi connectivity index (χ4n) is 1.76. The molecule has 0 N–H and O–H groups in total. The second-order valence-electron chi connectivity index (χ2n) is 4.59. The topological polar surface area (TPSA) is 20.3 Å². The van der Waals surface area contributed by atoms with E-state index in [1.807, 2.05) is 60.4 Å². The Morgan fingerprint density at radius 2 is 1.88 bits per heavy atom. The van der Waals surface area contributed by atoms with Crippen LogP contribution in [0.1, 0.15) is 27.2 Å². The van der Waals surface area contributed by atoms with Gasteiger partial charge in [0, 0.05) is 34.0 Å². The second-order valence-corrected chi connectivity index (χ2v) is 6.41. The zero-order valence-electron chi connectivity index (χ0n) is 9.49. The Kier molecular flexibility index (Phi) is 4.59. The maximum Gasteiger partial charge on any atom is 0.198 e. The van der Waals surface area contributed by atoms with Crippen molar-refractivity contribution in [3.05, 3.63) is 12.2 Å². The van der Waals surface area contributed by atoms with Crippen molar-refractivity contribution in [3.8, 4) is 0 Å². The van der Waals surface area contributed by atoms with E-state index in [4.69, 9.17) is 24.4 Å². The minimum Gasteiger partial charge on any atom is -0.321 e. The standard InChI is InChI=1S/C11H14INOS2/c1-7(6-11(2,3)10(12)14)13-8(15)4-5-9(13)16/h4-5,7H,6H2,1-3H3. The van der Waals surface area contributed by atoms with Crippen LogP contribution in [-0.4, -0.2) is 24.7 Å². The Hall–Kier alpha value is 0.120. The molecule has 1 heterocycles. The smallest absolute Gasteiger partial charge is 0.198 e. The van der Waals surface area contributed by atoms with Crippen molar-refractivity contribution in [2.75, 3.05) is 0 Å². The van der Waals surface area contributed by atoms with Gasteiger partial charge in [-0.15, -0.1) is 0 Å². The number of halogens is 1. The highest BCUT2D eigenvalue weighted by Gasteiger charge is 2.32. The van der Waals surface area contributed by atoms with Crippen molar-refractivity contribution in [2.45, 2.75) is 33.2 Å². The molecule has 5 heteroatoms. The molecular weight excluding hydrogens is 353 g/mol. The van der Waals surface area contributed by atoms with E-state index in [9.17, 15) is 4.79 Å². The van der Waals surface area contributed by atoms with Gasteiger partial charge in [0.1, 0.15) is 9.98 Å². The lowest BCUT2D eigenvalue weighted by atomic mass is 9.87. The Balaban J connectivity index is 2.73. The second kappa shape index (κ2) is 5.18. The third-order valence-electron chi connectivity index (χ3n) is 2.62. The quantitative estimate of drug-likeness (QED) is 0.432. The Morgan fingerprint density at radius 1 is 1.44 bits per heavy atom. The first kappa shape index (κ1) is 14.2. The van der Waals surface area contributed by atoms with E-state index in [1.54, 1.807) is 0 Å². The van der Waals surface area contributed by atoms with Crippen LogP contribution >= 0.6 is 47.0 Å². The van der Waals surface area contributed by atoms with E-state index < -0.39 is 0 Å². The van der Waals surface area contributed by atoms with Crippen LogP contribution in [0.5, 0.6) is 0 Å². The van der Waals surface area contributed by atoms with E-state index in [2.05, 4.69) is 0 Å². The SMILES string of the molecule is CC(CC(C)(C)C(=O)I)N1C(=S)C=CC1=S. The zero-order valence-corrected chi connectivity index (χ0v) is 13.3. The van der Waals surface area contributed by atoms with Crippen molar-refractivity contribution in [1.82, 2.24) is 4.90 Å². The number of nitrogens with zero attached hydrogens (tertiary/aromatic N) is 1. The fraction of sp³-hybridized carbons (Fsp3) is 0.545. The molecule has 0 aromatic carbocycles. The summed E-state index contributed by atoms with van der Waals surface area (Å²) < 4.78 is 0.168. The van der Waals surface area contributed by atoms with Gasteiger partial charge in [0.05, 0.1) is 0 Å². The van der Waals surface area contributed by atoms with Crippen molar-refractivity contribution < 1.29 is 4.79 Å². The molecule has 0 aliphatic carbocycles. The maximum atomic E-state index is 11.5. The minimum atomic E-state index is -0.339. The number of hydrogen-bond acceptors (Lipinski definition) is 3. The molecular formula is C11H14INOS2. The van der Waals surface area contributed by atoms with Crippen LogP contribution in [0.4, 0.5) is 0 Å². The van der Waals surface area contributed by atoms with E-state index in [0.717, 1.165) is 16.4 Å². The van der Waals surface area contributed by atoms with Gasteiger partial charge in [-0.3, -0.25) is 4.79 Å². The van der Waals surface area contributed by atoms with E-state index in [-0.39, 0.29) is 15.2 Å². The Labute approximate surface area is 121 Å². The van der Waals surface area contributed by atoms with Crippen molar-refractivity contribution >= 4 is 60.8 Å². The molecule has 1 atom stereocenters. The summed E-state index contributed by atoms with van der Waals surface area (Å²) in [5, 5.41) is 0. The molecule has 1 rings (SSSR count). The molecule has 1 aliphatic rings. The van der Waals surface area contributed by atoms with Gasteiger partial charge < -0.3 is 4.90 Å². The van der Waals surface area contributed by atoms with E-state index in [0.29, 0.717) is 0 Å². The van der Waals surface area contributed by atoms with Crippen molar-refractivity contribution in [2.24, 2.45) is 5.41 Å². The number of thiocarbonyl (C=S) groups is 2. The van der Waals surface area contributed by atoms with Gasteiger partial charge in [0.25, 0.3) is 0 Å². The Bertz CT molecular complexity index is 358. The normalized spacial score (nSPS) is 18.1. The van der Waals surface area contributed by atoms with Gasteiger partial charge in [-0.1, -0.05) is 38.3 Å². The zero-order chi connectivity index (χ0) is 12.5. The summed E-state index contributed by atoms with van der Waals surface area (Å²) in [6.45, 7) is 5.95. The fourth-order valence-corrected chi connectivity index (χ4v) is 2.73. The molecule has 2 nitrogen and oxygen atoms in total. The third kappa shape index (κ3) is 3.07. The van der Waals surface area contributed by atoms with Gasteiger partial charge in [0.2, 0.25) is 0 Å². The van der Waals surface area contributed by atoms with Gasteiger partial charge in [0.15, 0.2) is 3.79 Å². The summed E-state index contributed by atoms with van der Waals surface area (Å²) in [7, 11) is 0. The van der Waals surface area contributed by atoms with Crippen LogP contribution in [0, 0.1) is 5.41 Å². The first-order valence-corrected chi connectivity index (χ1v) is 6.90. The number of carbonyl (C=O) groups is 1. The van der Waals surface area contributed by atoms with Crippen LogP contribution in [0.2, 0.25) is 0 Å². The molecule has 0 amide bonds. The summed E-state index contributed by atoms with van der Waals surface area (Å²) in [5.74, 6) is 0. The highest BCUT2D eigenvalue weighted by atomic mass is 127. The van der Waals surface area contributed by atoms with Gasteiger partial charge in [-0.05, 0) is 25.5 Å². The van der Waals surface area contributed by atoms with Crippen LogP contribution in [0.15, 0.2) is 12.2 Å². The molecule has 88 valence electrons. The molecule has 1 aliphatic heterocycles. The molecule has 0 bridgehead atoms. The largest absolute Gasteiger partial charge is 0.321 e. The van der Waals surface area contributed by atoms with Crippen LogP contribution in [-0.2, 0) is 4.79 Å². The average molecular weight is 367 g/mol. The van der Waals surface area contributed by atoms with Gasteiger partial charge in [-0.25, -0.2) is 0 Å². The number of rotatable bonds is 4. The van der Waals surface area contributed by atoms with E-state index >= 15 is 0 Å². The van der Waals surface area contributed by atoms with Crippen LogP contribution in [0.25, 0.3) is 0 Å². The summed E-state index contributed by atoms with van der Waals surface area (Å²) in [4.78, 5) is 14.9. The first-order chi connectivity index (χ1) is 7.25. The molecule has 0 aromatic rings. The molecule has 0 fully saturated rings. The monoisotopic (exact) mass is 367 g/mol. The summed E-state index contributed by atoms with van der Waals surface area (Å²) >= 11 is 12.3. The molecule has 16 heavy (non-hydrogen) atoms. The summed E-state index contributed by atoms with van der Waals surface area (Å²) in [5.41, 5.74) is -0.339. The highest BCUT2D eigenvalue weighted by molar-refractivity contribution is 14.1. The average Bonchev–Trinajstić information content (AvgIpc) is 2.44. The highest BCUT2D eigenvalue weighted by Crippen LogP contribution is 2.29. The molecule has 1 unspecified atom stereocenters. The van der Waals surface area contributed by atoms with Gasteiger partial charge in [-0.2, -0.15) is 0 Å². The predicted molar refractivity (Wildman–Crippen MR) is 83.1 cm³/mol. The summed E-state index contributed by atoms with van der Waals surface area (Å²) in [6, 6.07) is 0.156. The minimum absolute atomic E-state index is 0.156. The van der Waals surface area contributed by atoms with E-state index in [1.165, 1.54) is 0 Å². The molecule has 0 spiro atoms. The number of hydrogen-bond donors (Lipinski definition) is 0. The maximum absolute atomic E-state index is 11.5. The van der Waals surface area contributed by atoms with Crippen LogP contribution in [0.3, 0.4) is 0 Å². The Morgan fingerprint density at radius 3 is 2.25 bits per heavy atom. The lowest BCUT2D eigenvalue weighted by molar-refractivity contribution is -0.117. The molecule has 0 radical (unpaired) electrons. The lowest BCUT2D eigenvalue weighted by Gasteiger charge is -2.31. The van der Waals surface area contributed by atoms with Crippen LogP contribution < -0.4 is 0 Å². The van der Waals surface area contributed by atoms with Crippen molar-refractivity contribution in [1.29, 1.82) is 0 Å². The number of carbonyl (C=O) groups excluding carboxylic acids is 1. The molecule has 0 aromatic heterocycles. The van der Waals surface area contributed by atoms with Gasteiger partial charge >= 0.3 is 0 Å². The first-order valence-electron chi connectivity index (χ1n) is 5.01. The van der Waals surface area contributed by atoms with Crippen molar-refractivity contribution in [3.63, 3.8) is 0 Å².